The van der Waals surface area contributed by atoms with Crippen LogP contribution < -0.4 is 4.72 Å². The fraction of sp³-hybridized carbons (Fsp3) is 0.190. The number of hydrogen-bond donors (Lipinski definition) is 2. The van der Waals surface area contributed by atoms with Crippen molar-refractivity contribution >= 4 is 37.9 Å². The van der Waals surface area contributed by atoms with Crippen molar-refractivity contribution in [3.8, 4) is 11.1 Å². The molecule has 0 aliphatic heterocycles. The predicted molar refractivity (Wildman–Crippen MR) is 111 cm³/mol. The van der Waals surface area contributed by atoms with Crippen molar-refractivity contribution in [2.24, 2.45) is 5.92 Å². The smallest absolute Gasteiger partial charge is 0.322 e. The molecule has 2 heterocycles. The minimum absolute atomic E-state index is 0.0577. The highest BCUT2D eigenvalue weighted by molar-refractivity contribution is 7.89. The Morgan fingerprint density at radius 1 is 1.00 bits per heavy atom. The van der Waals surface area contributed by atoms with Crippen LogP contribution in [0.4, 0.5) is 0 Å². The highest BCUT2D eigenvalue weighted by Gasteiger charge is 2.28. The third kappa shape index (κ3) is 3.64. The average molecular weight is 425 g/mol. The van der Waals surface area contributed by atoms with Gasteiger partial charge >= 0.3 is 5.97 Å². The van der Waals surface area contributed by atoms with Gasteiger partial charge in [0.15, 0.2) is 0 Å². The first kappa shape index (κ1) is 20.0. The number of carbonyl (C=O) groups is 1. The molecule has 0 saturated carbocycles. The molecule has 0 unspecified atom stereocenters. The summed E-state index contributed by atoms with van der Waals surface area (Å²) in [5, 5.41) is 10.9. The molecule has 154 valence electrons. The fourth-order valence-corrected chi connectivity index (χ4v) is 4.61. The Labute approximate surface area is 172 Å². The van der Waals surface area contributed by atoms with Crippen LogP contribution in [0.3, 0.4) is 0 Å². The summed E-state index contributed by atoms with van der Waals surface area (Å²) in [6, 6.07) is 8.90. The SMILES string of the molecule is CC(C)[C@H](NS(=O)(=O)c1ccc2c(c1)oc1ccc(-c3cncnc3)cc12)C(=O)O. The standard InChI is InChI=1S/C21H19N3O5S/c1-12(2)20(21(25)26)24-30(27,28)15-4-5-16-17-7-13(14-9-22-11-23-10-14)3-6-18(17)29-19(16)8-15/h3-12,20,24H,1-2H3,(H,25,26)/t20-/m0/s1. The molecule has 0 spiro atoms. The van der Waals surface area contributed by atoms with E-state index in [1.807, 2.05) is 18.2 Å². The lowest BCUT2D eigenvalue weighted by Gasteiger charge is -2.17. The first-order valence-corrected chi connectivity index (χ1v) is 10.7. The Balaban J connectivity index is 1.76. The molecule has 8 nitrogen and oxygen atoms in total. The maximum absolute atomic E-state index is 12.7. The lowest BCUT2D eigenvalue weighted by atomic mass is 10.1. The van der Waals surface area contributed by atoms with E-state index in [1.165, 1.54) is 18.5 Å². The van der Waals surface area contributed by atoms with Crippen LogP contribution >= 0.6 is 0 Å². The third-order valence-corrected chi connectivity index (χ3v) is 6.30. The molecule has 1 atom stereocenters. The Morgan fingerprint density at radius 2 is 1.73 bits per heavy atom. The summed E-state index contributed by atoms with van der Waals surface area (Å²) in [7, 11) is -4.04. The van der Waals surface area contributed by atoms with E-state index in [4.69, 9.17) is 4.42 Å². The number of hydrogen-bond acceptors (Lipinski definition) is 6. The monoisotopic (exact) mass is 425 g/mol. The number of carboxylic acids is 1. The molecule has 0 aliphatic rings. The van der Waals surface area contributed by atoms with Gasteiger partial charge in [-0.1, -0.05) is 19.9 Å². The normalized spacial score (nSPS) is 13.2. The largest absolute Gasteiger partial charge is 0.480 e. The molecule has 0 amide bonds. The van der Waals surface area contributed by atoms with Crippen molar-refractivity contribution in [1.82, 2.24) is 14.7 Å². The lowest BCUT2D eigenvalue weighted by Crippen LogP contribution is -2.44. The molecule has 0 radical (unpaired) electrons. The number of carboxylic acid groups (broad SMARTS) is 1. The van der Waals surface area contributed by atoms with Crippen molar-refractivity contribution in [2.45, 2.75) is 24.8 Å². The van der Waals surface area contributed by atoms with Crippen LogP contribution in [-0.4, -0.2) is 35.5 Å². The van der Waals surface area contributed by atoms with E-state index in [-0.39, 0.29) is 4.90 Å². The predicted octanol–water partition coefficient (Wildman–Crippen LogP) is 3.43. The average Bonchev–Trinajstić information content (AvgIpc) is 3.09. The van der Waals surface area contributed by atoms with Crippen LogP contribution in [0, 0.1) is 5.92 Å². The zero-order chi connectivity index (χ0) is 21.5. The number of benzene rings is 2. The van der Waals surface area contributed by atoms with E-state index in [2.05, 4.69) is 14.7 Å². The Bertz CT molecular complexity index is 1350. The maximum atomic E-state index is 12.7. The second-order valence-electron chi connectivity index (χ2n) is 7.28. The molecule has 30 heavy (non-hydrogen) atoms. The first-order valence-electron chi connectivity index (χ1n) is 9.23. The van der Waals surface area contributed by atoms with Gasteiger partial charge in [-0.15, -0.1) is 0 Å². The summed E-state index contributed by atoms with van der Waals surface area (Å²) in [5.74, 6) is -1.64. The molecule has 2 aromatic carbocycles. The van der Waals surface area contributed by atoms with Gasteiger partial charge < -0.3 is 9.52 Å². The number of fused-ring (bicyclic) bond motifs is 3. The van der Waals surface area contributed by atoms with E-state index < -0.39 is 28.0 Å². The topological polar surface area (TPSA) is 122 Å². The zero-order valence-corrected chi connectivity index (χ0v) is 17.1. The van der Waals surface area contributed by atoms with Gasteiger partial charge in [-0.05, 0) is 35.7 Å². The lowest BCUT2D eigenvalue weighted by molar-refractivity contribution is -0.140. The van der Waals surface area contributed by atoms with Gasteiger partial charge in [0.1, 0.15) is 23.5 Å². The summed E-state index contributed by atoms with van der Waals surface area (Å²) in [6.45, 7) is 3.28. The van der Waals surface area contributed by atoms with Crippen LogP contribution in [-0.2, 0) is 14.8 Å². The molecule has 0 saturated heterocycles. The van der Waals surface area contributed by atoms with E-state index in [0.29, 0.717) is 11.2 Å². The number of nitrogens with one attached hydrogen (secondary N) is 1. The van der Waals surface area contributed by atoms with Crippen molar-refractivity contribution in [1.29, 1.82) is 0 Å². The van der Waals surface area contributed by atoms with Gasteiger partial charge in [-0.3, -0.25) is 4.79 Å². The van der Waals surface area contributed by atoms with Crippen LogP contribution in [0.5, 0.6) is 0 Å². The van der Waals surface area contributed by atoms with Crippen molar-refractivity contribution in [3.05, 3.63) is 55.1 Å². The number of aliphatic carboxylic acids is 1. The van der Waals surface area contributed by atoms with Crippen LogP contribution in [0.15, 0.2) is 64.4 Å². The van der Waals surface area contributed by atoms with Crippen LogP contribution in [0.1, 0.15) is 13.8 Å². The Morgan fingerprint density at radius 3 is 2.40 bits per heavy atom. The van der Waals surface area contributed by atoms with Crippen molar-refractivity contribution in [3.63, 3.8) is 0 Å². The minimum atomic E-state index is -4.04. The van der Waals surface area contributed by atoms with Gasteiger partial charge in [0.25, 0.3) is 0 Å². The molecule has 2 aromatic heterocycles. The molecule has 0 aliphatic carbocycles. The van der Waals surface area contributed by atoms with E-state index >= 15 is 0 Å². The van der Waals surface area contributed by atoms with Gasteiger partial charge in [0.05, 0.1) is 4.90 Å². The number of sulfonamides is 1. The van der Waals surface area contributed by atoms with E-state index in [0.717, 1.165) is 21.9 Å². The molecule has 2 N–H and O–H groups in total. The first-order chi connectivity index (χ1) is 14.3. The third-order valence-electron chi connectivity index (χ3n) is 4.86. The molecule has 4 rings (SSSR count). The van der Waals surface area contributed by atoms with Crippen molar-refractivity contribution in [2.75, 3.05) is 0 Å². The zero-order valence-electron chi connectivity index (χ0n) is 16.2. The number of nitrogens with zero attached hydrogens (tertiary/aromatic N) is 2. The second kappa shape index (κ2) is 7.51. The highest BCUT2D eigenvalue weighted by Crippen LogP contribution is 2.33. The summed E-state index contributed by atoms with van der Waals surface area (Å²) in [6.07, 6.45) is 4.88. The Hall–Kier alpha value is -3.30. The van der Waals surface area contributed by atoms with Gasteiger partial charge in [-0.25, -0.2) is 18.4 Å². The van der Waals surface area contributed by atoms with Crippen LogP contribution in [0.2, 0.25) is 0 Å². The molecule has 0 bridgehead atoms. The summed E-state index contributed by atoms with van der Waals surface area (Å²) < 4.78 is 33.5. The van der Waals surface area contributed by atoms with Crippen molar-refractivity contribution < 1.29 is 22.7 Å². The minimum Gasteiger partial charge on any atom is -0.480 e. The Kier molecular flexibility index (Phi) is 5.00. The second-order valence-corrected chi connectivity index (χ2v) is 8.99. The summed E-state index contributed by atoms with van der Waals surface area (Å²) in [5.41, 5.74) is 2.76. The molecular formula is C21H19N3O5S. The molecule has 0 fully saturated rings. The summed E-state index contributed by atoms with van der Waals surface area (Å²) >= 11 is 0. The summed E-state index contributed by atoms with van der Waals surface area (Å²) in [4.78, 5) is 19.4. The molecule has 9 heteroatoms. The highest BCUT2D eigenvalue weighted by atomic mass is 32.2. The number of rotatable bonds is 6. The molecular weight excluding hydrogens is 406 g/mol. The number of aromatic nitrogens is 2. The quantitative estimate of drug-likeness (QED) is 0.485. The molecule has 4 aromatic rings. The maximum Gasteiger partial charge on any atom is 0.322 e. The number of furan rings is 1. The van der Waals surface area contributed by atoms with Gasteiger partial charge in [0.2, 0.25) is 10.0 Å². The van der Waals surface area contributed by atoms with E-state index in [1.54, 1.807) is 32.3 Å². The fourth-order valence-electron chi connectivity index (χ4n) is 3.26. The van der Waals surface area contributed by atoms with Gasteiger partial charge in [0, 0.05) is 34.8 Å². The van der Waals surface area contributed by atoms with Crippen LogP contribution in [0.25, 0.3) is 33.1 Å². The van der Waals surface area contributed by atoms with Gasteiger partial charge in [-0.2, -0.15) is 4.72 Å². The van der Waals surface area contributed by atoms with E-state index in [9.17, 15) is 18.3 Å².